The molecule has 2 aromatic heterocycles. The molecule has 1 aliphatic rings. The van der Waals surface area contributed by atoms with Crippen LogP contribution in [-0.4, -0.2) is 68.9 Å². The highest BCUT2D eigenvalue weighted by molar-refractivity contribution is 7.66. The van der Waals surface area contributed by atoms with Crippen molar-refractivity contribution in [3.05, 3.63) is 16.7 Å². The van der Waals surface area contributed by atoms with E-state index in [1.807, 2.05) is 0 Å². The maximum Gasteiger partial charge on any atom is 0.487 e. The van der Waals surface area contributed by atoms with E-state index >= 15 is 0 Å². The van der Waals surface area contributed by atoms with Gasteiger partial charge in [0.1, 0.15) is 18.3 Å². The van der Waals surface area contributed by atoms with Gasteiger partial charge < -0.3 is 40.3 Å². The molecule has 7 N–H and O–H groups in total. The smallest absolute Gasteiger partial charge is 0.487 e. The Morgan fingerprint density at radius 3 is 2.42 bits per heavy atom. The highest BCUT2D eigenvalue weighted by Crippen LogP contribution is 2.65. The molecule has 0 aliphatic carbocycles. The molecule has 7 atom stereocenters. The van der Waals surface area contributed by atoms with Crippen LogP contribution in [0.15, 0.2) is 11.1 Å². The first kappa shape index (κ1) is 26.1. The van der Waals surface area contributed by atoms with E-state index in [-0.39, 0.29) is 17.1 Å². The monoisotopic (exact) mass is 536 g/mol. The molecule has 1 saturated heterocycles. The number of nitrogens with zero attached hydrogens (tertiary/aromatic N) is 4. The van der Waals surface area contributed by atoms with Crippen LogP contribution in [0.4, 0.5) is 5.95 Å². The number of aromatic nitrogens is 4. The number of rotatable bonds is 8. The first-order valence-corrected chi connectivity index (χ1v) is 13.0. The van der Waals surface area contributed by atoms with E-state index in [0.717, 1.165) is 15.5 Å². The standard InChI is InChI=1S/C11H18N5O14P3/c1-15-9(19)5-8(14-11(15)12)16(3-13-5)10-7(18)6(17)4(28-10)2-27-32(23,24)30-33(25,26)29-31(20,21)22/h3-4,6-7,10,17-18H,2H2,1H3,(H2,12,14)(H,23,24)(H,25,26)(H2,20,21,22)/p-1/t4-,6+,7?,10-/m1/s1. The zero-order chi connectivity index (χ0) is 24.9. The number of aliphatic hydroxyl groups excluding tert-OH is 2. The quantitative estimate of drug-likeness (QED) is 0.184. The second-order valence-electron chi connectivity index (χ2n) is 6.57. The van der Waals surface area contributed by atoms with Crippen LogP contribution in [-0.2, 0) is 38.6 Å². The molecule has 3 rings (SSSR count). The largest absolute Gasteiger partial charge is 0.756 e. The Morgan fingerprint density at radius 1 is 1.18 bits per heavy atom. The van der Waals surface area contributed by atoms with E-state index in [1.54, 1.807) is 0 Å². The normalized spacial score (nSPS) is 28.9. The van der Waals surface area contributed by atoms with E-state index in [2.05, 4.69) is 23.1 Å². The Hall–Kier alpha value is -1.56. The second kappa shape index (κ2) is 8.90. The minimum atomic E-state index is -5.82. The SMILES string of the molecule is Cn1c(N)nc2c(ncn2[C@@H]2O[C@H](COP(=O)(O)OP(=O)(O)OP(=O)([O-])O)[C@H](O)C2O)c1=O. The van der Waals surface area contributed by atoms with Crippen molar-refractivity contribution in [3.63, 3.8) is 0 Å². The van der Waals surface area contributed by atoms with Gasteiger partial charge in [0, 0.05) is 7.05 Å². The highest BCUT2D eigenvalue weighted by Gasteiger charge is 2.46. The summed E-state index contributed by atoms with van der Waals surface area (Å²) in [4.78, 5) is 57.5. The van der Waals surface area contributed by atoms with Gasteiger partial charge in [-0.05, 0) is 0 Å². The Bertz CT molecular complexity index is 1260. The van der Waals surface area contributed by atoms with Gasteiger partial charge >= 0.3 is 15.6 Å². The summed E-state index contributed by atoms with van der Waals surface area (Å²) in [7, 11) is -15.8. The van der Waals surface area contributed by atoms with E-state index < -0.39 is 60.2 Å². The lowest BCUT2D eigenvalue weighted by Gasteiger charge is -2.21. The van der Waals surface area contributed by atoms with Crippen LogP contribution in [0.1, 0.15) is 6.23 Å². The molecule has 0 radical (unpaired) electrons. The number of nitrogen functional groups attached to an aromatic ring is 1. The lowest BCUT2D eigenvalue weighted by atomic mass is 10.1. The fraction of sp³-hybridized carbons (Fsp3) is 0.545. The molecule has 19 nitrogen and oxygen atoms in total. The summed E-state index contributed by atoms with van der Waals surface area (Å²) in [5, 5.41) is 20.5. The molecule has 0 saturated carbocycles. The number of phosphoric acid groups is 3. The summed E-state index contributed by atoms with van der Waals surface area (Å²) in [5.74, 6) is -0.193. The molecule has 1 aliphatic heterocycles. The van der Waals surface area contributed by atoms with E-state index in [0.29, 0.717) is 0 Å². The van der Waals surface area contributed by atoms with Crippen molar-refractivity contribution in [3.8, 4) is 0 Å². The summed E-state index contributed by atoms with van der Waals surface area (Å²) in [6.07, 6.45) is -5.36. The van der Waals surface area contributed by atoms with E-state index in [4.69, 9.17) is 20.3 Å². The molecule has 33 heavy (non-hydrogen) atoms. The Morgan fingerprint density at radius 2 is 1.82 bits per heavy atom. The lowest BCUT2D eigenvalue weighted by molar-refractivity contribution is -0.212. The van der Waals surface area contributed by atoms with E-state index in [1.165, 1.54) is 7.05 Å². The average Bonchev–Trinajstić information content (AvgIpc) is 3.17. The van der Waals surface area contributed by atoms with Crippen molar-refractivity contribution < 1.29 is 61.4 Å². The Balaban J connectivity index is 1.75. The van der Waals surface area contributed by atoms with E-state index in [9.17, 15) is 38.5 Å². The minimum Gasteiger partial charge on any atom is -0.756 e. The molecule has 0 aromatic carbocycles. The molecule has 0 bridgehead atoms. The lowest BCUT2D eigenvalue weighted by Crippen LogP contribution is -2.33. The second-order valence-corrected chi connectivity index (χ2v) is 10.9. The summed E-state index contributed by atoms with van der Waals surface area (Å²) in [5.41, 5.74) is 4.80. The van der Waals surface area contributed by atoms with Gasteiger partial charge in [0.15, 0.2) is 17.4 Å². The molecule has 0 spiro atoms. The van der Waals surface area contributed by atoms with Gasteiger partial charge in [0.25, 0.3) is 13.4 Å². The van der Waals surface area contributed by atoms with Crippen LogP contribution in [0.25, 0.3) is 11.2 Å². The molecule has 3 heterocycles. The number of hydrogen-bond acceptors (Lipinski definition) is 14. The molecule has 22 heteroatoms. The van der Waals surface area contributed by atoms with Crippen molar-refractivity contribution in [1.29, 1.82) is 0 Å². The van der Waals surface area contributed by atoms with Crippen LogP contribution >= 0.6 is 23.5 Å². The van der Waals surface area contributed by atoms with Crippen LogP contribution in [0.3, 0.4) is 0 Å². The van der Waals surface area contributed by atoms with Gasteiger partial charge in [0.05, 0.1) is 12.9 Å². The van der Waals surface area contributed by atoms with Crippen molar-refractivity contribution in [2.45, 2.75) is 24.5 Å². The number of anilines is 1. The van der Waals surface area contributed by atoms with Crippen LogP contribution in [0.5, 0.6) is 0 Å². The van der Waals surface area contributed by atoms with Crippen LogP contribution in [0.2, 0.25) is 0 Å². The highest BCUT2D eigenvalue weighted by atomic mass is 31.3. The fourth-order valence-corrected chi connectivity index (χ4v) is 5.81. The van der Waals surface area contributed by atoms with Crippen LogP contribution < -0.4 is 16.2 Å². The summed E-state index contributed by atoms with van der Waals surface area (Å²) in [6.45, 7) is -1.03. The first-order chi connectivity index (χ1) is 15.0. The topological polar surface area (TPSA) is 291 Å². The van der Waals surface area contributed by atoms with Gasteiger partial charge in [-0.1, -0.05) is 0 Å². The third-order valence-corrected chi connectivity index (χ3v) is 8.04. The van der Waals surface area contributed by atoms with Gasteiger partial charge in [-0.15, -0.1) is 0 Å². The number of imidazole rings is 1. The van der Waals surface area contributed by atoms with Crippen molar-refractivity contribution in [2.24, 2.45) is 7.05 Å². The molecular weight excluding hydrogens is 519 g/mol. The van der Waals surface area contributed by atoms with Gasteiger partial charge in [-0.25, -0.2) is 18.4 Å². The maximum atomic E-state index is 12.2. The summed E-state index contributed by atoms with van der Waals surface area (Å²) >= 11 is 0. The predicted octanol–water partition coefficient (Wildman–Crippen LogP) is -2.96. The Kier molecular flexibility index (Phi) is 7.03. The molecular formula is C11H17N5O14P3-. The van der Waals surface area contributed by atoms with Gasteiger partial charge in [0.2, 0.25) is 5.95 Å². The summed E-state index contributed by atoms with van der Waals surface area (Å²) < 4.78 is 52.5. The van der Waals surface area contributed by atoms with Crippen molar-refractivity contribution in [1.82, 2.24) is 19.1 Å². The predicted molar refractivity (Wildman–Crippen MR) is 101 cm³/mol. The Labute approximate surface area is 182 Å². The fourth-order valence-electron chi connectivity index (χ4n) is 2.81. The van der Waals surface area contributed by atoms with Gasteiger partial charge in [-0.2, -0.15) is 9.29 Å². The number of aliphatic hydroxyl groups is 2. The van der Waals surface area contributed by atoms with Crippen LogP contribution in [0, 0.1) is 0 Å². The zero-order valence-corrected chi connectivity index (χ0v) is 18.9. The third kappa shape index (κ3) is 5.75. The maximum absolute atomic E-state index is 12.2. The number of hydrogen-bond donors (Lipinski definition) is 6. The van der Waals surface area contributed by atoms with Crippen molar-refractivity contribution >= 4 is 40.6 Å². The average molecular weight is 536 g/mol. The first-order valence-electron chi connectivity index (χ1n) is 8.48. The molecule has 2 aromatic rings. The minimum absolute atomic E-state index is 0.103. The zero-order valence-electron chi connectivity index (χ0n) is 16.2. The number of phosphoric ester groups is 1. The number of ether oxygens (including phenoxy) is 1. The third-order valence-electron chi connectivity index (χ3n) is 4.26. The van der Waals surface area contributed by atoms with Gasteiger partial charge in [-0.3, -0.25) is 23.0 Å². The number of nitrogens with two attached hydrogens (primary N) is 1. The molecule has 0 amide bonds. The summed E-state index contributed by atoms with van der Waals surface area (Å²) in [6, 6.07) is 0. The van der Waals surface area contributed by atoms with Crippen molar-refractivity contribution in [2.75, 3.05) is 12.3 Å². The molecule has 1 fully saturated rings. The molecule has 4 unspecified atom stereocenters. The molecule has 186 valence electrons. The number of fused-ring (bicyclic) bond motifs is 1.